The van der Waals surface area contributed by atoms with E-state index in [4.69, 9.17) is 10.2 Å². The van der Waals surface area contributed by atoms with E-state index in [1.54, 1.807) is 0 Å². The first kappa shape index (κ1) is 17.4. The molecule has 0 unspecified atom stereocenters. The third-order valence-corrected chi connectivity index (χ3v) is 3.26. The smallest absolute Gasteiger partial charge is 0.327 e. The van der Waals surface area contributed by atoms with Gasteiger partial charge in [-0.25, -0.2) is 4.79 Å². The van der Waals surface area contributed by atoms with Crippen molar-refractivity contribution in [2.24, 2.45) is 0 Å². The Hall–Kier alpha value is -1.64. The quantitative estimate of drug-likeness (QED) is 0.560. The monoisotopic (exact) mass is 338 g/mol. The lowest BCUT2D eigenvalue weighted by Gasteiger charge is -2.18. The van der Waals surface area contributed by atoms with Crippen LogP contribution < -0.4 is 5.32 Å². The first-order valence-electron chi connectivity index (χ1n) is 5.39. The topological polar surface area (TPSA) is 124 Å². The van der Waals surface area contributed by atoms with Crippen molar-refractivity contribution < 1.29 is 29.4 Å². The van der Waals surface area contributed by atoms with E-state index < -0.39 is 35.8 Å². The van der Waals surface area contributed by atoms with Gasteiger partial charge in [-0.15, -0.1) is 0 Å². The van der Waals surface area contributed by atoms with Gasteiger partial charge in [0.1, 0.15) is 12.1 Å². The van der Waals surface area contributed by atoms with Gasteiger partial charge >= 0.3 is 11.9 Å². The lowest BCUT2D eigenvalue weighted by molar-refractivity contribution is -0.145. The summed E-state index contributed by atoms with van der Waals surface area (Å²) in [6, 6.07) is -2.10. The van der Waals surface area contributed by atoms with Crippen LogP contribution in [0.3, 0.4) is 0 Å². The Kier molecular flexibility index (Phi) is 7.05. The van der Waals surface area contributed by atoms with E-state index in [-0.39, 0.29) is 12.8 Å². The number of rotatable bonds is 7. The molecule has 0 heterocycles. The van der Waals surface area contributed by atoms with E-state index in [0.29, 0.717) is 0 Å². The molecule has 0 aliphatic heterocycles. The maximum absolute atomic E-state index is 11.5. The van der Waals surface area contributed by atoms with Crippen LogP contribution in [0, 0.1) is 0 Å². The summed E-state index contributed by atoms with van der Waals surface area (Å²) in [4.78, 5) is 44.0. The first-order chi connectivity index (χ1) is 8.66. The molecule has 0 saturated heterocycles. The lowest BCUT2D eigenvalue weighted by Crippen LogP contribution is -2.39. The molecule has 0 rings (SSSR count). The van der Waals surface area contributed by atoms with Gasteiger partial charge in [0.05, 0.1) is 16.1 Å². The molecule has 9 heteroatoms. The second-order valence-corrected chi connectivity index (χ2v) is 4.61. The summed E-state index contributed by atoms with van der Waals surface area (Å²) in [5, 5.41) is 19.4. The van der Waals surface area contributed by atoms with Crippen molar-refractivity contribution in [3.63, 3.8) is 0 Å². The highest BCUT2D eigenvalue weighted by Gasteiger charge is 2.24. The van der Waals surface area contributed by atoms with Crippen LogP contribution >= 0.6 is 16.1 Å². The van der Waals surface area contributed by atoms with Crippen LogP contribution in [0.15, 0.2) is 0 Å². The fourth-order valence-corrected chi connectivity index (χ4v) is 1.37. The number of aliphatic carboxylic acids is 2. The zero-order chi connectivity index (χ0) is 15.2. The van der Waals surface area contributed by atoms with Gasteiger partial charge in [-0.3, -0.25) is 18.3 Å². The van der Waals surface area contributed by atoms with Gasteiger partial charge < -0.3 is 15.5 Å². The van der Waals surface area contributed by atoms with Crippen LogP contribution in [-0.2, 0) is 19.2 Å². The molecule has 0 saturated carbocycles. The molecule has 0 aliphatic rings. The van der Waals surface area contributed by atoms with Crippen molar-refractivity contribution in [2.45, 2.75) is 38.8 Å². The molecule has 19 heavy (non-hydrogen) atoms. The number of nitrogens with zero attached hydrogens (tertiary/aromatic N) is 1. The second-order valence-electron chi connectivity index (χ2n) is 3.85. The highest BCUT2D eigenvalue weighted by molar-refractivity contribution is 9.07. The van der Waals surface area contributed by atoms with Gasteiger partial charge in [-0.1, -0.05) is 0 Å². The average Bonchev–Trinajstić information content (AvgIpc) is 2.33. The summed E-state index contributed by atoms with van der Waals surface area (Å²) in [6.07, 6.45) is -0.439. The van der Waals surface area contributed by atoms with Gasteiger partial charge in [0.25, 0.3) is 0 Å². The van der Waals surface area contributed by atoms with Crippen LogP contribution in [0.25, 0.3) is 0 Å². The van der Waals surface area contributed by atoms with Gasteiger partial charge in [0, 0.05) is 12.8 Å². The number of hydrogen-bond donors (Lipinski definition) is 3. The van der Waals surface area contributed by atoms with Crippen LogP contribution in [-0.4, -0.2) is 50.0 Å². The van der Waals surface area contributed by atoms with Crippen LogP contribution in [0.2, 0.25) is 0 Å². The molecule has 0 fully saturated rings. The molecule has 2 atom stereocenters. The Bertz CT molecular complexity index is 386. The first-order valence-corrected chi connectivity index (χ1v) is 6.10. The van der Waals surface area contributed by atoms with Gasteiger partial charge in [0.2, 0.25) is 11.8 Å². The van der Waals surface area contributed by atoms with Crippen LogP contribution in [0.5, 0.6) is 0 Å². The molecule has 0 bridgehead atoms. The minimum absolute atomic E-state index is 0.217. The molecule has 0 aromatic rings. The summed E-state index contributed by atoms with van der Waals surface area (Å²) in [5.41, 5.74) is 0. The van der Waals surface area contributed by atoms with Crippen LogP contribution in [0.1, 0.15) is 26.7 Å². The molecular formula is C10H15BrN2O6. The molecule has 0 spiro atoms. The number of halogens is 1. The Morgan fingerprint density at radius 3 is 2.05 bits per heavy atom. The molecular weight excluding hydrogens is 324 g/mol. The van der Waals surface area contributed by atoms with Crippen molar-refractivity contribution in [2.75, 3.05) is 0 Å². The SMILES string of the molecule is C[C@H](NC(=O)CCC(=O)N(Br)[C@@H](C)C(=O)O)C(=O)O. The third kappa shape index (κ3) is 6.18. The van der Waals surface area contributed by atoms with Crippen molar-refractivity contribution >= 4 is 39.9 Å². The molecule has 0 aromatic carbocycles. The Morgan fingerprint density at radius 1 is 1.11 bits per heavy atom. The number of carboxylic acids is 2. The van der Waals surface area contributed by atoms with E-state index >= 15 is 0 Å². The third-order valence-electron chi connectivity index (χ3n) is 2.25. The molecule has 0 radical (unpaired) electrons. The predicted octanol–water partition coefficient (Wildman–Crippen LogP) is -0.0325. The predicted molar refractivity (Wildman–Crippen MR) is 67.3 cm³/mol. The molecule has 108 valence electrons. The van der Waals surface area contributed by atoms with Gasteiger partial charge in [-0.2, -0.15) is 0 Å². The average molecular weight is 339 g/mol. The molecule has 3 N–H and O–H groups in total. The number of nitrogens with one attached hydrogen (secondary N) is 1. The fraction of sp³-hybridized carbons (Fsp3) is 0.600. The summed E-state index contributed by atoms with van der Waals surface area (Å²) in [7, 11) is 0. The Labute approximate surface area is 118 Å². The molecule has 0 aromatic heterocycles. The number of carbonyl (C=O) groups excluding carboxylic acids is 2. The molecule has 2 amide bonds. The van der Waals surface area contributed by atoms with Crippen molar-refractivity contribution in [3.05, 3.63) is 0 Å². The van der Waals surface area contributed by atoms with Crippen LogP contribution in [0.4, 0.5) is 0 Å². The van der Waals surface area contributed by atoms with E-state index in [1.807, 2.05) is 0 Å². The largest absolute Gasteiger partial charge is 0.480 e. The van der Waals surface area contributed by atoms with Crippen molar-refractivity contribution in [3.8, 4) is 0 Å². The van der Waals surface area contributed by atoms with E-state index in [0.717, 1.165) is 3.93 Å². The maximum atomic E-state index is 11.5. The highest BCUT2D eigenvalue weighted by atomic mass is 79.9. The number of amides is 2. The molecule has 8 nitrogen and oxygen atoms in total. The van der Waals surface area contributed by atoms with Crippen molar-refractivity contribution in [1.29, 1.82) is 0 Å². The normalized spacial score (nSPS) is 13.2. The van der Waals surface area contributed by atoms with Gasteiger partial charge in [-0.05, 0) is 13.8 Å². The van der Waals surface area contributed by atoms with Gasteiger partial charge in [0.15, 0.2) is 0 Å². The summed E-state index contributed by atoms with van der Waals surface area (Å²) < 4.78 is 0.837. The standard InChI is InChI=1S/C10H15BrN2O6/c1-5(9(16)17)12-7(14)3-4-8(15)13(11)6(2)10(18)19/h5-6H,3-4H2,1-2H3,(H,12,14)(H,16,17)(H,18,19)/t5-,6-/m0/s1. The summed E-state index contributed by atoms with van der Waals surface area (Å²) >= 11 is 2.81. The minimum atomic E-state index is -1.19. The van der Waals surface area contributed by atoms with E-state index in [1.165, 1.54) is 13.8 Å². The Morgan fingerprint density at radius 2 is 1.63 bits per heavy atom. The van der Waals surface area contributed by atoms with E-state index in [2.05, 4.69) is 21.5 Å². The summed E-state index contributed by atoms with van der Waals surface area (Å²) in [5.74, 6) is -3.53. The Balaban J connectivity index is 4.19. The second kappa shape index (κ2) is 7.72. The highest BCUT2D eigenvalue weighted by Crippen LogP contribution is 2.10. The number of hydrogen-bond acceptors (Lipinski definition) is 4. The number of carbonyl (C=O) groups is 4. The minimum Gasteiger partial charge on any atom is -0.480 e. The lowest BCUT2D eigenvalue weighted by atomic mass is 10.2. The summed E-state index contributed by atoms with van der Waals surface area (Å²) in [6.45, 7) is 2.60. The fourth-order valence-electron chi connectivity index (χ4n) is 1.02. The number of carboxylic acid groups (broad SMARTS) is 2. The zero-order valence-electron chi connectivity index (χ0n) is 10.4. The van der Waals surface area contributed by atoms with E-state index in [9.17, 15) is 19.2 Å². The maximum Gasteiger partial charge on any atom is 0.327 e. The zero-order valence-corrected chi connectivity index (χ0v) is 12.0. The molecule has 0 aliphatic carbocycles. The van der Waals surface area contributed by atoms with Crippen molar-refractivity contribution in [1.82, 2.24) is 9.24 Å².